The van der Waals surface area contributed by atoms with Crippen molar-refractivity contribution in [3.05, 3.63) is 70.9 Å². The SMILES string of the molecule is CCOC(=O)c1c(COC(=O)c2ccccc2SCC(=O)N2CCCC2)nc2ccccc2c1C. The molecule has 0 saturated carbocycles. The number of para-hydroxylation sites is 1. The lowest BCUT2D eigenvalue weighted by atomic mass is 10.0. The average molecular weight is 493 g/mol. The fraction of sp³-hybridized carbons (Fsp3) is 0.333. The van der Waals surface area contributed by atoms with Crippen LogP contribution in [0.3, 0.4) is 0 Å². The van der Waals surface area contributed by atoms with Gasteiger partial charge in [-0.1, -0.05) is 30.3 Å². The molecule has 1 saturated heterocycles. The van der Waals surface area contributed by atoms with Crippen molar-refractivity contribution in [3.8, 4) is 0 Å². The Morgan fingerprint density at radius 2 is 1.69 bits per heavy atom. The van der Waals surface area contributed by atoms with Crippen LogP contribution in [-0.4, -0.2) is 53.2 Å². The van der Waals surface area contributed by atoms with Gasteiger partial charge in [-0.05, 0) is 50.5 Å². The largest absolute Gasteiger partial charge is 0.462 e. The Morgan fingerprint density at radius 3 is 2.46 bits per heavy atom. The van der Waals surface area contributed by atoms with Gasteiger partial charge in [-0.25, -0.2) is 14.6 Å². The normalized spacial score (nSPS) is 13.1. The van der Waals surface area contributed by atoms with Crippen molar-refractivity contribution in [2.24, 2.45) is 0 Å². The molecule has 1 amide bonds. The highest BCUT2D eigenvalue weighted by Crippen LogP contribution is 2.27. The summed E-state index contributed by atoms with van der Waals surface area (Å²) in [6.07, 6.45) is 2.07. The van der Waals surface area contributed by atoms with Crippen LogP contribution in [0.15, 0.2) is 53.4 Å². The number of pyridine rings is 1. The van der Waals surface area contributed by atoms with E-state index < -0.39 is 11.9 Å². The van der Waals surface area contributed by atoms with Gasteiger partial charge in [0.2, 0.25) is 5.91 Å². The fourth-order valence-corrected chi connectivity index (χ4v) is 5.13. The first-order valence-electron chi connectivity index (χ1n) is 11.7. The van der Waals surface area contributed by atoms with Crippen LogP contribution in [0.5, 0.6) is 0 Å². The summed E-state index contributed by atoms with van der Waals surface area (Å²) in [6.45, 7) is 5.22. The molecule has 8 heteroatoms. The summed E-state index contributed by atoms with van der Waals surface area (Å²) in [7, 11) is 0. The first-order valence-corrected chi connectivity index (χ1v) is 12.7. The van der Waals surface area contributed by atoms with Gasteiger partial charge in [-0.3, -0.25) is 4.79 Å². The molecule has 2 aromatic carbocycles. The summed E-state index contributed by atoms with van der Waals surface area (Å²) in [5.41, 5.74) is 2.48. The van der Waals surface area contributed by atoms with Crippen LogP contribution in [0.2, 0.25) is 0 Å². The molecular weight excluding hydrogens is 464 g/mol. The minimum Gasteiger partial charge on any atom is -0.462 e. The van der Waals surface area contributed by atoms with Crippen LogP contribution in [0.4, 0.5) is 0 Å². The zero-order valence-electron chi connectivity index (χ0n) is 19.9. The van der Waals surface area contributed by atoms with Crippen molar-refractivity contribution in [2.45, 2.75) is 38.2 Å². The second-order valence-corrected chi connectivity index (χ2v) is 9.26. The van der Waals surface area contributed by atoms with Crippen molar-refractivity contribution >= 4 is 40.5 Å². The molecule has 0 N–H and O–H groups in total. The standard InChI is InChI=1S/C27H28N2O5S/c1-3-33-27(32)25-18(2)19-10-4-6-12-21(19)28-22(25)16-34-26(31)20-11-5-7-13-23(20)35-17-24(30)29-14-8-9-15-29/h4-7,10-13H,3,8-9,14-17H2,1-2H3. The summed E-state index contributed by atoms with van der Waals surface area (Å²) in [5.74, 6) is -0.691. The molecule has 1 aliphatic rings. The molecule has 182 valence electrons. The number of esters is 2. The third kappa shape index (κ3) is 5.65. The number of aromatic nitrogens is 1. The summed E-state index contributed by atoms with van der Waals surface area (Å²) in [5, 5.41) is 0.843. The Kier molecular flexibility index (Phi) is 8.02. The van der Waals surface area contributed by atoms with E-state index >= 15 is 0 Å². The predicted molar refractivity (Wildman–Crippen MR) is 135 cm³/mol. The van der Waals surface area contributed by atoms with Crippen molar-refractivity contribution < 1.29 is 23.9 Å². The molecule has 4 rings (SSSR count). The smallest absolute Gasteiger partial charge is 0.340 e. The van der Waals surface area contributed by atoms with Gasteiger partial charge in [0.05, 0.1) is 34.7 Å². The quantitative estimate of drug-likeness (QED) is 0.330. The van der Waals surface area contributed by atoms with E-state index in [-0.39, 0.29) is 24.9 Å². The lowest BCUT2D eigenvalue weighted by molar-refractivity contribution is -0.127. The van der Waals surface area contributed by atoms with E-state index in [2.05, 4.69) is 4.98 Å². The highest BCUT2D eigenvalue weighted by atomic mass is 32.2. The second kappa shape index (κ2) is 11.4. The molecule has 0 spiro atoms. The summed E-state index contributed by atoms with van der Waals surface area (Å²) in [4.78, 5) is 45.3. The maximum absolute atomic E-state index is 13.0. The van der Waals surface area contributed by atoms with Crippen molar-refractivity contribution in [1.29, 1.82) is 0 Å². The summed E-state index contributed by atoms with van der Waals surface area (Å²) >= 11 is 1.33. The van der Waals surface area contributed by atoms with Gasteiger partial charge in [0.25, 0.3) is 0 Å². The van der Waals surface area contributed by atoms with E-state index in [1.54, 1.807) is 25.1 Å². The summed E-state index contributed by atoms with van der Waals surface area (Å²) < 4.78 is 10.9. The molecule has 1 fully saturated rings. The maximum Gasteiger partial charge on any atom is 0.340 e. The van der Waals surface area contributed by atoms with Crippen molar-refractivity contribution in [2.75, 3.05) is 25.4 Å². The van der Waals surface area contributed by atoms with Gasteiger partial charge in [-0.2, -0.15) is 0 Å². The van der Waals surface area contributed by atoms with E-state index in [1.807, 2.05) is 42.2 Å². The molecule has 0 unspecified atom stereocenters. The fourth-order valence-electron chi connectivity index (χ4n) is 4.19. The number of likely N-dealkylation sites (tertiary alicyclic amines) is 1. The third-order valence-corrected chi connectivity index (χ3v) is 7.02. The number of hydrogen-bond acceptors (Lipinski definition) is 7. The molecular formula is C27H28N2O5S. The second-order valence-electron chi connectivity index (χ2n) is 8.24. The number of aryl methyl sites for hydroxylation is 1. The molecule has 35 heavy (non-hydrogen) atoms. The number of rotatable bonds is 8. The predicted octanol–water partition coefficient (Wildman–Crippen LogP) is 4.79. The zero-order valence-corrected chi connectivity index (χ0v) is 20.7. The lowest BCUT2D eigenvalue weighted by Gasteiger charge is -2.16. The summed E-state index contributed by atoms with van der Waals surface area (Å²) in [6, 6.07) is 14.6. The zero-order chi connectivity index (χ0) is 24.8. The number of fused-ring (bicyclic) bond motifs is 1. The van der Waals surface area contributed by atoms with E-state index in [1.165, 1.54) is 11.8 Å². The number of amides is 1. The Morgan fingerprint density at radius 1 is 0.971 bits per heavy atom. The van der Waals surface area contributed by atoms with Gasteiger partial charge >= 0.3 is 11.9 Å². The Balaban J connectivity index is 1.52. The van der Waals surface area contributed by atoms with Gasteiger partial charge in [-0.15, -0.1) is 11.8 Å². The minimum absolute atomic E-state index is 0.0746. The van der Waals surface area contributed by atoms with Crippen LogP contribution in [0.25, 0.3) is 10.9 Å². The first kappa shape index (κ1) is 24.7. The molecule has 0 radical (unpaired) electrons. The number of benzene rings is 2. The topological polar surface area (TPSA) is 85.8 Å². The van der Waals surface area contributed by atoms with Crippen LogP contribution in [0, 0.1) is 6.92 Å². The number of nitrogens with zero attached hydrogens (tertiary/aromatic N) is 2. The average Bonchev–Trinajstić information content (AvgIpc) is 3.41. The molecule has 0 atom stereocenters. The van der Waals surface area contributed by atoms with Gasteiger partial charge in [0, 0.05) is 23.4 Å². The highest BCUT2D eigenvalue weighted by Gasteiger charge is 2.23. The van der Waals surface area contributed by atoms with Gasteiger partial charge < -0.3 is 14.4 Å². The maximum atomic E-state index is 13.0. The van der Waals surface area contributed by atoms with Gasteiger partial charge in [0.15, 0.2) is 0 Å². The molecule has 1 aliphatic heterocycles. The molecule has 1 aromatic heterocycles. The number of hydrogen-bond donors (Lipinski definition) is 0. The minimum atomic E-state index is -0.538. The third-order valence-electron chi connectivity index (χ3n) is 5.96. The first-order chi connectivity index (χ1) is 17.0. The van der Waals surface area contributed by atoms with Crippen LogP contribution >= 0.6 is 11.8 Å². The van der Waals surface area contributed by atoms with Crippen LogP contribution in [0.1, 0.15) is 51.7 Å². The lowest BCUT2D eigenvalue weighted by Crippen LogP contribution is -2.29. The number of thioether (sulfide) groups is 1. The Hall–Kier alpha value is -3.39. The monoisotopic (exact) mass is 492 g/mol. The van der Waals surface area contributed by atoms with Crippen molar-refractivity contribution in [1.82, 2.24) is 9.88 Å². The van der Waals surface area contributed by atoms with E-state index in [4.69, 9.17) is 9.47 Å². The van der Waals surface area contributed by atoms with E-state index in [0.29, 0.717) is 27.2 Å². The molecule has 0 bridgehead atoms. The molecule has 2 heterocycles. The highest BCUT2D eigenvalue weighted by molar-refractivity contribution is 8.00. The molecule has 3 aromatic rings. The molecule has 7 nitrogen and oxygen atoms in total. The number of ether oxygens (including phenoxy) is 2. The Bertz CT molecular complexity index is 1250. The Labute approximate surface area is 208 Å². The number of carbonyl (C=O) groups excluding carboxylic acids is 3. The van der Waals surface area contributed by atoms with Crippen LogP contribution < -0.4 is 0 Å². The van der Waals surface area contributed by atoms with E-state index in [0.717, 1.165) is 36.9 Å². The van der Waals surface area contributed by atoms with Crippen molar-refractivity contribution in [3.63, 3.8) is 0 Å². The van der Waals surface area contributed by atoms with Crippen LogP contribution in [-0.2, 0) is 20.9 Å². The van der Waals surface area contributed by atoms with Gasteiger partial charge in [0.1, 0.15) is 6.61 Å². The van der Waals surface area contributed by atoms with E-state index in [9.17, 15) is 14.4 Å². The number of carbonyl (C=O) groups is 3. The molecule has 0 aliphatic carbocycles.